The summed E-state index contributed by atoms with van der Waals surface area (Å²) in [5, 5.41) is 0. The molecule has 0 aliphatic carbocycles. The van der Waals surface area contributed by atoms with Crippen LogP contribution in [0.4, 0.5) is 5.69 Å². The van der Waals surface area contributed by atoms with Gasteiger partial charge in [-0.3, -0.25) is 4.79 Å². The first-order valence-corrected chi connectivity index (χ1v) is 6.79. The van der Waals surface area contributed by atoms with E-state index < -0.39 is 0 Å². The molecule has 4 nitrogen and oxygen atoms in total. The van der Waals surface area contributed by atoms with E-state index in [2.05, 4.69) is 4.90 Å². The normalized spacial score (nSPS) is 16.4. The summed E-state index contributed by atoms with van der Waals surface area (Å²) in [6.45, 7) is 4.13. The van der Waals surface area contributed by atoms with E-state index in [4.69, 9.17) is 18.0 Å². The maximum atomic E-state index is 11.9. The van der Waals surface area contributed by atoms with E-state index >= 15 is 0 Å². The van der Waals surface area contributed by atoms with Gasteiger partial charge in [-0.15, -0.1) is 0 Å². The van der Waals surface area contributed by atoms with Crippen LogP contribution in [0.3, 0.4) is 0 Å². The van der Waals surface area contributed by atoms with Crippen molar-refractivity contribution in [2.45, 2.75) is 13.3 Å². The van der Waals surface area contributed by atoms with Gasteiger partial charge in [0, 0.05) is 31.4 Å². The molecule has 1 aromatic carbocycles. The maximum absolute atomic E-state index is 11.9. The number of amides is 1. The molecule has 0 radical (unpaired) electrons. The summed E-state index contributed by atoms with van der Waals surface area (Å²) in [6, 6.07) is 5.97. The van der Waals surface area contributed by atoms with Gasteiger partial charge < -0.3 is 15.5 Å². The van der Waals surface area contributed by atoms with Crippen molar-refractivity contribution in [3.8, 4) is 0 Å². The first-order chi connectivity index (χ1) is 8.99. The van der Waals surface area contributed by atoms with Gasteiger partial charge in [0.25, 0.3) is 0 Å². The Kier molecular flexibility index (Phi) is 4.04. The van der Waals surface area contributed by atoms with E-state index in [9.17, 15) is 4.79 Å². The molecule has 1 heterocycles. The second kappa shape index (κ2) is 5.57. The topological polar surface area (TPSA) is 49.6 Å². The van der Waals surface area contributed by atoms with Crippen molar-refractivity contribution >= 4 is 28.8 Å². The van der Waals surface area contributed by atoms with Gasteiger partial charge in [0.2, 0.25) is 5.91 Å². The minimum absolute atomic E-state index is 0.161. The Morgan fingerprint density at radius 3 is 2.74 bits per heavy atom. The van der Waals surface area contributed by atoms with Gasteiger partial charge in [0.15, 0.2) is 0 Å². The van der Waals surface area contributed by atoms with Crippen molar-refractivity contribution in [2.24, 2.45) is 5.73 Å². The molecular formula is C14H19N3OS. The largest absolute Gasteiger partial charge is 0.389 e. The van der Waals surface area contributed by atoms with Crippen LogP contribution in [0.5, 0.6) is 0 Å². The zero-order chi connectivity index (χ0) is 14.0. The molecule has 0 spiro atoms. The Morgan fingerprint density at radius 2 is 2.11 bits per heavy atom. The highest BCUT2D eigenvalue weighted by Crippen LogP contribution is 2.20. The van der Waals surface area contributed by atoms with E-state index in [0.29, 0.717) is 11.5 Å². The van der Waals surface area contributed by atoms with Crippen molar-refractivity contribution in [3.63, 3.8) is 0 Å². The monoisotopic (exact) mass is 277 g/mol. The van der Waals surface area contributed by atoms with Crippen molar-refractivity contribution in [2.75, 3.05) is 31.6 Å². The fourth-order valence-corrected chi connectivity index (χ4v) is 2.56. The number of rotatable bonds is 2. The molecular weight excluding hydrogens is 258 g/mol. The number of anilines is 1. The third-order valence-electron chi connectivity index (χ3n) is 3.51. The highest BCUT2D eigenvalue weighted by molar-refractivity contribution is 7.80. The lowest BCUT2D eigenvalue weighted by Gasteiger charge is -2.23. The van der Waals surface area contributed by atoms with E-state index in [1.807, 2.05) is 32.2 Å². The van der Waals surface area contributed by atoms with Gasteiger partial charge in [-0.25, -0.2) is 0 Å². The van der Waals surface area contributed by atoms with Gasteiger partial charge >= 0.3 is 0 Å². The predicted octanol–water partition coefficient (Wildman–Crippen LogP) is 1.30. The molecule has 0 unspecified atom stereocenters. The van der Waals surface area contributed by atoms with Gasteiger partial charge in [-0.2, -0.15) is 0 Å². The van der Waals surface area contributed by atoms with Gasteiger partial charge in [0.1, 0.15) is 4.99 Å². The van der Waals surface area contributed by atoms with E-state index in [-0.39, 0.29) is 5.91 Å². The van der Waals surface area contributed by atoms with Crippen LogP contribution in [-0.2, 0) is 4.79 Å². The molecule has 5 heteroatoms. The van der Waals surface area contributed by atoms with Crippen molar-refractivity contribution < 1.29 is 4.79 Å². The van der Waals surface area contributed by atoms with Gasteiger partial charge in [-0.1, -0.05) is 12.2 Å². The second-order valence-electron chi connectivity index (χ2n) is 4.95. The predicted molar refractivity (Wildman–Crippen MR) is 81.5 cm³/mol. The number of thiocarbonyl (C=S) groups is 1. The van der Waals surface area contributed by atoms with Crippen LogP contribution in [0, 0.1) is 6.92 Å². The molecule has 1 aliphatic rings. The molecule has 1 aliphatic heterocycles. The second-order valence-corrected chi connectivity index (χ2v) is 5.39. The molecule has 1 fully saturated rings. The number of nitrogens with zero attached hydrogens (tertiary/aromatic N) is 2. The minimum atomic E-state index is 0.161. The van der Waals surface area contributed by atoms with Crippen molar-refractivity contribution in [1.29, 1.82) is 0 Å². The number of carbonyl (C=O) groups is 1. The van der Waals surface area contributed by atoms with Gasteiger partial charge in [0.05, 0.1) is 6.54 Å². The number of benzene rings is 1. The highest BCUT2D eigenvalue weighted by atomic mass is 32.1. The van der Waals surface area contributed by atoms with Crippen molar-refractivity contribution in [1.82, 2.24) is 4.90 Å². The van der Waals surface area contributed by atoms with Crippen LogP contribution in [0.1, 0.15) is 17.5 Å². The highest BCUT2D eigenvalue weighted by Gasteiger charge is 2.19. The average Bonchev–Trinajstić information content (AvgIpc) is 2.51. The average molecular weight is 277 g/mol. The molecule has 0 bridgehead atoms. The summed E-state index contributed by atoms with van der Waals surface area (Å²) in [7, 11) is 1.85. The quantitative estimate of drug-likeness (QED) is 0.828. The van der Waals surface area contributed by atoms with Crippen LogP contribution >= 0.6 is 12.2 Å². The Bertz CT molecular complexity index is 515. The number of hydrogen-bond donors (Lipinski definition) is 1. The van der Waals surface area contributed by atoms with Crippen LogP contribution in [0.25, 0.3) is 0 Å². The standard InChI is InChI=1S/C14H19N3OS/c1-10-8-11(4-5-12(10)14(15)19)17-7-3-6-16(2)13(18)9-17/h4-5,8H,3,6-7,9H2,1-2H3,(H2,15,19). The smallest absolute Gasteiger partial charge is 0.241 e. The Balaban J connectivity index is 2.24. The lowest BCUT2D eigenvalue weighted by Crippen LogP contribution is -2.34. The first kappa shape index (κ1) is 13.8. The molecule has 2 rings (SSSR count). The van der Waals surface area contributed by atoms with Crippen LogP contribution < -0.4 is 10.6 Å². The number of aryl methyl sites for hydroxylation is 1. The summed E-state index contributed by atoms with van der Waals surface area (Å²) in [4.78, 5) is 16.2. The molecule has 0 saturated carbocycles. The number of likely N-dealkylation sites (N-methyl/N-ethyl adjacent to an activating group) is 1. The van der Waals surface area contributed by atoms with E-state index in [1.165, 1.54) is 0 Å². The SMILES string of the molecule is Cc1cc(N2CCCN(C)C(=O)C2)ccc1C(N)=S. The molecule has 2 N–H and O–H groups in total. The van der Waals surface area contributed by atoms with Crippen LogP contribution in [0.15, 0.2) is 18.2 Å². The molecule has 1 saturated heterocycles. The number of carbonyl (C=O) groups excluding carboxylic acids is 1. The third kappa shape index (κ3) is 3.04. The fraction of sp³-hybridized carbons (Fsp3) is 0.429. The van der Waals surface area contributed by atoms with Gasteiger partial charge in [-0.05, 0) is 37.1 Å². The molecule has 0 atom stereocenters. The van der Waals surface area contributed by atoms with Crippen LogP contribution in [0.2, 0.25) is 0 Å². The number of hydrogen-bond acceptors (Lipinski definition) is 3. The molecule has 0 aromatic heterocycles. The summed E-state index contributed by atoms with van der Waals surface area (Å²) in [5.74, 6) is 0.161. The lowest BCUT2D eigenvalue weighted by atomic mass is 10.1. The molecule has 1 amide bonds. The summed E-state index contributed by atoms with van der Waals surface area (Å²) in [5.41, 5.74) is 8.67. The molecule has 102 valence electrons. The lowest BCUT2D eigenvalue weighted by molar-refractivity contribution is -0.127. The third-order valence-corrected chi connectivity index (χ3v) is 3.73. The van der Waals surface area contributed by atoms with E-state index in [0.717, 1.165) is 36.3 Å². The Hall–Kier alpha value is -1.62. The van der Waals surface area contributed by atoms with Crippen LogP contribution in [-0.4, -0.2) is 42.5 Å². The minimum Gasteiger partial charge on any atom is -0.389 e. The Morgan fingerprint density at radius 1 is 1.37 bits per heavy atom. The van der Waals surface area contributed by atoms with E-state index in [1.54, 1.807) is 4.90 Å². The molecule has 19 heavy (non-hydrogen) atoms. The zero-order valence-corrected chi connectivity index (χ0v) is 12.2. The first-order valence-electron chi connectivity index (χ1n) is 6.38. The Labute approximate surface area is 119 Å². The fourth-order valence-electron chi connectivity index (χ4n) is 2.33. The number of nitrogens with two attached hydrogens (primary N) is 1. The summed E-state index contributed by atoms with van der Waals surface area (Å²) in [6.07, 6.45) is 0.984. The zero-order valence-electron chi connectivity index (χ0n) is 11.3. The summed E-state index contributed by atoms with van der Waals surface area (Å²) < 4.78 is 0. The summed E-state index contributed by atoms with van der Waals surface area (Å²) >= 11 is 5.01. The molecule has 1 aromatic rings. The van der Waals surface area contributed by atoms with Crippen molar-refractivity contribution in [3.05, 3.63) is 29.3 Å². The maximum Gasteiger partial charge on any atom is 0.241 e.